The van der Waals surface area contributed by atoms with Crippen LogP contribution in [0.4, 0.5) is 4.39 Å². The van der Waals surface area contributed by atoms with Crippen LogP contribution in [-0.4, -0.2) is 25.5 Å². The molecule has 1 atom stereocenters. The molecule has 6 saturated carbocycles. The molecule has 0 N–H and O–H groups in total. The molecule has 7 rings (SSSR count). The summed E-state index contributed by atoms with van der Waals surface area (Å²) in [6.45, 7) is 0.676. The van der Waals surface area contributed by atoms with Crippen LogP contribution in [0, 0.1) is 40.8 Å². The van der Waals surface area contributed by atoms with Crippen LogP contribution in [0.3, 0.4) is 0 Å². The summed E-state index contributed by atoms with van der Waals surface area (Å²) in [7, 11) is 1.35. The van der Waals surface area contributed by atoms with Crippen LogP contribution >= 0.6 is 0 Å². The summed E-state index contributed by atoms with van der Waals surface area (Å²) in [4.78, 5) is 25.2. The maximum atomic E-state index is 15.2. The third-order valence-corrected chi connectivity index (χ3v) is 9.22. The first kappa shape index (κ1) is 21.6. The van der Waals surface area contributed by atoms with Gasteiger partial charge in [-0.2, -0.15) is 0 Å². The number of methoxy groups -OCH3 is 1. The van der Waals surface area contributed by atoms with E-state index >= 15 is 4.39 Å². The van der Waals surface area contributed by atoms with Crippen molar-refractivity contribution >= 4 is 11.8 Å². The third-order valence-electron chi connectivity index (χ3n) is 9.22. The molecule has 0 unspecified atom stereocenters. The lowest BCUT2D eigenvalue weighted by molar-refractivity contribution is -0.146. The molecule has 0 amide bonds. The van der Waals surface area contributed by atoms with E-state index in [2.05, 4.69) is 0 Å². The van der Waals surface area contributed by atoms with E-state index < -0.39 is 11.7 Å². The smallest absolute Gasteiger partial charge is 0.309 e. The average Bonchev–Trinajstić information content (AvgIpc) is 3.68. The fraction of sp³-hybridized carbons (Fsp3) is 0.714. The van der Waals surface area contributed by atoms with Crippen LogP contribution in [-0.2, 0) is 9.53 Å². The minimum absolute atomic E-state index is 0.0197. The van der Waals surface area contributed by atoms with E-state index in [1.54, 1.807) is 6.07 Å². The van der Waals surface area contributed by atoms with Crippen LogP contribution in [0.2, 0.25) is 0 Å². The van der Waals surface area contributed by atoms with Crippen LogP contribution < -0.4 is 4.74 Å². The Balaban J connectivity index is 1.20. The molecule has 6 aliphatic rings. The Hall–Kier alpha value is -1.91. The SMILES string of the molecule is COC(=O)[C@@H](CC(=O)c1cc(C2CC2)c(OCC23CC4CC(CC(C4)C2)C3)cc1F)C1CC1. The minimum Gasteiger partial charge on any atom is -0.493 e. The number of halogens is 1. The highest BCUT2D eigenvalue weighted by Crippen LogP contribution is 2.60. The molecule has 0 aromatic heterocycles. The highest BCUT2D eigenvalue weighted by molar-refractivity contribution is 5.98. The zero-order valence-corrected chi connectivity index (χ0v) is 19.6. The van der Waals surface area contributed by atoms with Crippen molar-refractivity contribution in [2.75, 3.05) is 13.7 Å². The molecule has 4 bridgehead atoms. The fourth-order valence-corrected chi connectivity index (χ4v) is 7.72. The van der Waals surface area contributed by atoms with Gasteiger partial charge in [0.1, 0.15) is 11.6 Å². The lowest BCUT2D eigenvalue weighted by atomic mass is 9.50. The molecular formula is C28H35FO4. The van der Waals surface area contributed by atoms with Crippen LogP contribution in [0.5, 0.6) is 5.75 Å². The van der Waals surface area contributed by atoms with E-state index in [1.807, 2.05) is 0 Å². The first-order valence-corrected chi connectivity index (χ1v) is 13.0. The van der Waals surface area contributed by atoms with Gasteiger partial charge in [-0.05, 0) is 105 Å². The number of hydrogen-bond acceptors (Lipinski definition) is 4. The topological polar surface area (TPSA) is 52.6 Å². The minimum atomic E-state index is -0.524. The van der Waals surface area contributed by atoms with Crippen molar-refractivity contribution in [1.29, 1.82) is 0 Å². The zero-order valence-electron chi connectivity index (χ0n) is 19.6. The number of Topliss-reactive ketones (excluding diaryl/α,β-unsaturated/α-hetero) is 1. The molecule has 5 heteroatoms. The summed E-state index contributed by atoms with van der Waals surface area (Å²) in [6, 6.07) is 3.18. The number of hydrogen-bond donors (Lipinski definition) is 0. The van der Waals surface area contributed by atoms with E-state index in [-0.39, 0.29) is 35.1 Å². The Bertz CT molecular complexity index is 926. The Morgan fingerprint density at radius 1 is 1.03 bits per heavy atom. The van der Waals surface area contributed by atoms with E-state index in [0.29, 0.717) is 18.3 Å². The first-order chi connectivity index (χ1) is 15.9. The van der Waals surface area contributed by atoms with E-state index in [9.17, 15) is 9.59 Å². The van der Waals surface area contributed by atoms with Gasteiger partial charge >= 0.3 is 5.97 Å². The van der Waals surface area contributed by atoms with Crippen LogP contribution in [0.25, 0.3) is 0 Å². The van der Waals surface area contributed by atoms with Crippen molar-refractivity contribution in [2.45, 2.75) is 76.5 Å². The predicted octanol–water partition coefficient (Wildman–Crippen LogP) is 6.07. The first-order valence-electron chi connectivity index (χ1n) is 13.0. The molecule has 6 fully saturated rings. The van der Waals surface area contributed by atoms with Gasteiger partial charge in [-0.3, -0.25) is 9.59 Å². The molecule has 0 radical (unpaired) electrons. The molecule has 6 aliphatic carbocycles. The number of rotatable bonds is 9. The summed E-state index contributed by atoms with van der Waals surface area (Å²) >= 11 is 0. The average molecular weight is 455 g/mol. The molecule has 0 spiro atoms. The van der Waals surface area contributed by atoms with E-state index in [4.69, 9.17) is 9.47 Å². The second-order valence-corrected chi connectivity index (χ2v) is 11.9. The van der Waals surface area contributed by atoms with Gasteiger partial charge in [0.15, 0.2) is 5.78 Å². The van der Waals surface area contributed by atoms with Crippen molar-refractivity contribution in [1.82, 2.24) is 0 Å². The van der Waals surface area contributed by atoms with Gasteiger partial charge < -0.3 is 9.47 Å². The second-order valence-electron chi connectivity index (χ2n) is 11.9. The van der Waals surface area contributed by atoms with Crippen molar-refractivity contribution < 1.29 is 23.5 Å². The van der Waals surface area contributed by atoms with Crippen molar-refractivity contribution in [3.63, 3.8) is 0 Å². The number of benzene rings is 1. The quantitative estimate of drug-likeness (QED) is 0.336. The standard InChI is InChI=1S/C28H35FO4/c1-32-27(31)22(20-4-5-20)10-25(30)23-9-21(19-2-3-19)26(11-24(23)29)33-15-28-12-16-6-17(13-28)8-18(7-16)14-28/h9,11,16-20,22H,2-8,10,12-15H2,1H3/t16?,17?,18?,22-,28?/m0/s1. The van der Waals surface area contributed by atoms with Gasteiger partial charge in [0.2, 0.25) is 0 Å². The van der Waals surface area contributed by atoms with E-state index in [0.717, 1.165) is 49.0 Å². The normalized spacial score (nSPS) is 33.1. The molecule has 178 valence electrons. The van der Waals surface area contributed by atoms with Gasteiger partial charge in [-0.1, -0.05) is 0 Å². The maximum Gasteiger partial charge on any atom is 0.309 e. The lowest BCUT2D eigenvalue weighted by Gasteiger charge is -2.56. The molecular weight excluding hydrogens is 419 g/mol. The second kappa shape index (κ2) is 8.09. The summed E-state index contributed by atoms with van der Waals surface area (Å²) in [6.07, 6.45) is 11.9. The Morgan fingerprint density at radius 2 is 1.67 bits per heavy atom. The number of carbonyl (C=O) groups excluding carboxylic acids is 2. The Kier molecular flexibility index (Phi) is 5.30. The van der Waals surface area contributed by atoms with Gasteiger partial charge in [0.25, 0.3) is 0 Å². The zero-order chi connectivity index (χ0) is 22.7. The van der Waals surface area contributed by atoms with E-state index in [1.165, 1.54) is 51.7 Å². The molecule has 4 nitrogen and oxygen atoms in total. The molecule has 0 saturated heterocycles. The Morgan fingerprint density at radius 3 is 2.21 bits per heavy atom. The largest absolute Gasteiger partial charge is 0.493 e. The summed E-state index contributed by atoms with van der Waals surface area (Å²) in [5, 5.41) is 0. The third kappa shape index (κ3) is 4.21. The number of ketones is 1. The van der Waals surface area contributed by atoms with Gasteiger partial charge in [-0.15, -0.1) is 0 Å². The van der Waals surface area contributed by atoms with Gasteiger partial charge in [0, 0.05) is 17.9 Å². The highest BCUT2D eigenvalue weighted by Gasteiger charge is 2.51. The van der Waals surface area contributed by atoms with Crippen LogP contribution in [0.1, 0.15) is 92.5 Å². The van der Waals surface area contributed by atoms with Crippen molar-refractivity contribution in [2.24, 2.45) is 35.0 Å². The molecule has 1 aromatic carbocycles. The summed E-state index contributed by atoms with van der Waals surface area (Å²) < 4.78 is 26.5. The van der Waals surface area contributed by atoms with Crippen molar-refractivity contribution in [3.05, 3.63) is 29.1 Å². The summed E-state index contributed by atoms with van der Waals surface area (Å²) in [5.74, 6) is 2.10. The van der Waals surface area contributed by atoms with Gasteiger partial charge in [-0.25, -0.2) is 4.39 Å². The monoisotopic (exact) mass is 454 g/mol. The predicted molar refractivity (Wildman–Crippen MR) is 122 cm³/mol. The fourth-order valence-electron chi connectivity index (χ4n) is 7.72. The number of carbonyl (C=O) groups is 2. The molecule has 0 aliphatic heterocycles. The molecule has 33 heavy (non-hydrogen) atoms. The van der Waals surface area contributed by atoms with Crippen molar-refractivity contribution in [3.8, 4) is 5.75 Å². The molecule has 1 aromatic rings. The maximum absolute atomic E-state index is 15.2. The highest BCUT2D eigenvalue weighted by atomic mass is 19.1. The molecule has 0 heterocycles. The van der Waals surface area contributed by atoms with Crippen LogP contribution in [0.15, 0.2) is 12.1 Å². The number of esters is 1. The number of ether oxygens (including phenoxy) is 2. The Labute approximate surface area is 195 Å². The van der Waals surface area contributed by atoms with Gasteiger partial charge in [0.05, 0.1) is 25.2 Å². The summed E-state index contributed by atoms with van der Waals surface area (Å²) in [5.41, 5.74) is 1.34. The lowest BCUT2D eigenvalue weighted by Crippen LogP contribution is -2.48.